The van der Waals surface area contributed by atoms with Gasteiger partial charge in [-0.3, -0.25) is 9.48 Å². The highest BCUT2D eigenvalue weighted by atomic mass is 19.1. The first kappa shape index (κ1) is 22.2. The van der Waals surface area contributed by atoms with E-state index < -0.39 is 11.6 Å². The van der Waals surface area contributed by atoms with Crippen molar-refractivity contribution in [1.29, 1.82) is 0 Å². The minimum absolute atomic E-state index is 0.0783. The van der Waals surface area contributed by atoms with Gasteiger partial charge in [0.1, 0.15) is 5.52 Å². The van der Waals surface area contributed by atoms with E-state index in [0.29, 0.717) is 28.8 Å². The number of aromatic nitrogens is 3. The second-order valence-corrected chi connectivity index (χ2v) is 7.27. The second kappa shape index (κ2) is 9.23. The number of ether oxygens (including phenoxy) is 2. The zero-order chi connectivity index (χ0) is 23.5. The summed E-state index contributed by atoms with van der Waals surface area (Å²) in [7, 11) is 2.61. The fourth-order valence-corrected chi connectivity index (χ4v) is 3.49. The molecule has 2 heterocycles. The lowest BCUT2D eigenvalue weighted by atomic mass is 10.1. The van der Waals surface area contributed by atoms with Gasteiger partial charge in [-0.05, 0) is 24.3 Å². The molecule has 33 heavy (non-hydrogen) atoms. The van der Waals surface area contributed by atoms with Crippen LogP contribution in [0.15, 0.2) is 48.7 Å². The number of hydrogen-bond donors (Lipinski definition) is 1. The number of benzene rings is 2. The van der Waals surface area contributed by atoms with E-state index in [2.05, 4.69) is 15.4 Å². The molecule has 7 nitrogen and oxygen atoms in total. The maximum Gasteiger partial charge on any atom is 0.224 e. The summed E-state index contributed by atoms with van der Waals surface area (Å²) >= 11 is 0. The lowest BCUT2D eigenvalue weighted by molar-refractivity contribution is -0.115. The van der Waals surface area contributed by atoms with Crippen LogP contribution < -0.4 is 14.8 Å². The maximum atomic E-state index is 14.8. The zero-order valence-electron chi connectivity index (χ0n) is 18.4. The number of nitrogens with zero attached hydrogens (tertiary/aromatic N) is 3. The number of halogens is 2. The third-order valence-electron chi connectivity index (χ3n) is 5.24. The Morgan fingerprint density at radius 3 is 2.45 bits per heavy atom. The Morgan fingerprint density at radius 1 is 1.06 bits per heavy atom. The number of nitrogens with one attached hydrogen (secondary N) is 1. The van der Waals surface area contributed by atoms with Crippen molar-refractivity contribution in [2.24, 2.45) is 0 Å². The molecule has 0 unspecified atom stereocenters. The van der Waals surface area contributed by atoms with Gasteiger partial charge < -0.3 is 14.8 Å². The Hall–Kier alpha value is -4.01. The van der Waals surface area contributed by atoms with Crippen molar-refractivity contribution < 1.29 is 23.0 Å². The summed E-state index contributed by atoms with van der Waals surface area (Å²) in [5, 5.41) is 7.09. The molecule has 0 aliphatic carbocycles. The van der Waals surface area contributed by atoms with Crippen molar-refractivity contribution in [1.82, 2.24) is 14.8 Å². The molecule has 0 fully saturated rings. The molecular weight excluding hydrogens is 430 g/mol. The van der Waals surface area contributed by atoms with Crippen LogP contribution in [-0.2, 0) is 11.3 Å². The third-order valence-corrected chi connectivity index (χ3v) is 5.24. The Kier molecular flexibility index (Phi) is 6.21. The largest absolute Gasteiger partial charge is 0.494 e. The first-order valence-corrected chi connectivity index (χ1v) is 10.3. The molecule has 1 amide bonds. The Bertz CT molecular complexity index is 1310. The van der Waals surface area contributed by atoms with E-state index in [-0.39, 0.29) is 29.5 Å². The van der Waals surface area contributed by atoms with Crippen molar-refractivity contribution in [3.05, 3.63) is 65.9 Å². The molecule has 0 bridgehead atoms. The third kappa shape index (κ3) is 4.34. The second-order valence-electron chi connectivity index (χ2n) is 7.27. The molecule has 4 rings (SSSR count). The molecule has 0 saturated carbocycles. The lowest BCUT2D eigenvalue weighted by Crippen LogP contribution is -2.09. The maximum absolute atomic E-state index is 14.8. The molecule has 1 N–H and O–H groups in total. The molecule has 170 valence electrons. The standard InChI is InChI=1S/C24H22F2N4O3/c1-4-22(31)28-15-7-5-6-14(10-15)17-8-9-19-18(29-17)12-27-30(19)13-16-23(25)20(32-2)11-21(33-3)24(16)26/h5-12H,4,13H2,1-3H3,(H,28,31). The van der Waals surface area contributed by atoms with E-state index in [1.54, 1.807) is 25.1 Å². The lowest BCUT2D eigenvalue weighted by Gasteiger charge is -2.13. The van der Waals surface area contributed by atoms with Gasteiger partial charge in [0.05, 0.1) is 43.7 Å². The first-order chi connectivity index (χ1) is 15.9. The minimum atomic E-state index is -0.810. The van der Waals surface area contributed by atoms with Gasteiger partial charge in [-0.25, -0.2) is 13.8 Å². The van der Waals surface area contributed by atoms with Gasteiger partial charge >= 0.3 is 0 Å². The average Bonchev–Trinajstić information content (AvgIpc) is 3.24. The molecule has 2 aromatic heterocycles. The van der Waals surface area contributed by atoms with Gasteiger partial charge in [-0.2, -0.15) is 5.10 Å². The summed E-state index contributed by atoms with van der Waals surface area (Å²) in [6, 6.07) is 12.1. The topological polar surface area (TPSA) is 78.3 Å². The number of fused-ring (bicyclic) bond motifs is 1. The number of pyridine rings is 1. The monoisotopic (exact) mass is 452 g/mol. The number of anilines is 1. The van der Waals surface area contributed by atoms with Crippen LogP contribution >= 0.6 is 0 Å². The number of rotatable bonds is 7. The summed E-state index contributed by atoms with van der Waals surface area (Å²) in [6.07, 6.45) is 1.92. The molecule has 0 spiro atoms. The van der Waals surface area contributed by atoms with Crippen LogP contribution in [0.1, 0.15) is 18.9 Å². The van der Waals surface area contributed by atoms with Gasteiger partial charge in [0.2, 0.25) is 5.91 Å². The highest BCUT2D eigenvalue weighted by Gasteiger charge is 2.21. The predicted octanol–water partition coefficient (Wildman–Crippen LogP) is 4.79. The molecule has 2 aromatic carbocycles. The Balaban J connectivity index is 1.68. The van der Waals surface area contributed by atoms with E-state index in [1.807, 2.05) is 18.2 Å². The molecule has 0 saturated heterocycles. The average molecular weight is 452 g/mol. The van der Waals surface area contributed by atoms with Crippen molar-refractivity contribution in [2.45, 2.75) is 19.9 Å². The van der Waals surface area contributed by atoms with Gasteiger partial charge in [0.25, 0.3) is 0 Å². The molecule has 0 aliphatic rings. The van der Waals surface area contributed by atoms with Gasteiger partial charge in [0, 0.05) is 23.7 Å². The quantitative estimate of drug-likeness (QED) is 0.436. The fraction of sp³-hybridized carbons (Fsp3) is 0.208. The summed E-state index contributed by atoms with van der Waals surface area (Å²) < 4.78 is 41.0. The highest BCUT2D eigenvalue weighted by molar-refractivity contribution is 5.91. The van der Waals surface area contributed by atoms with Gasteiger partial charge in [-0.1, -0.05) is 19.1 Å². The highest BCUT2D eigenvalue weighted by Crippen LogP contribution is 2.32. The Morgan fingerprint density at radius 2 is 1.79 bits per heavy atom. The van der Waals surface area contributed by atoms with Crippen molar-refractivity contribution in [2.75, 3.05) is 19.5 Å². The van der Waals surface area contributed by atoms with E-state index in [0.717, 1.165) is 5.56 Å². The van der Waals surface area contributed by atoms with Crippen molar-refractivity contribution in [3.63, 3.8) is 0 Å². The van der Waals surface area contributed by atoms with Crippen molar-refractivity contribution in [3.8, 4) is 22.8 Å². The smallest absolute Gasteiger partial charge is 0.224 e. The summed E-state index contributed by atoms with van der Waals surface area (Å²) in [5.74, 6) is -1.93. The first-order valence-electron chi connectivity index (χ1n) is 10.3. The zero-order valence-corrected chi connectivity index (χ0v) is 18.4. The summed E-state index contributed by atoms with van der Waals surface area (Å²) in [5.41, 5.74) is 3.11. The van der Waals surface area contributed by atoms with E-state index >= 15 is 0 Å². The van der Waals surface area contributed by atoms with Crippen LogP contribution in [0.5, 0.6) is 11.5 Å². The molecule has 0 atom stereocenters. The van der Waals surface area contributed by atoms with Crippen LogP contribution in [0.4, 0.5) is 14.5 Å². The number of carbonyl (C=O) groups is 1. The van der Waals surface area contributed by atoms with Gasteiger partial charge in [-0.15, -0.1) is 0 Å². The summed E-state index contributed by atoms with van der Waals surface area (Å²) in [4.78, 5) is 16.3. The molecule has 4 aromatic rings. The summed E-state index contributed by atoms with van der Waals surface area (Å²) in [6.45, 7) is 1.61. The van der Waals surface area contributed by atoms with Crippen LogP contribution in [0.2, 0.25) is 0 Å². The number of carbonyl (C=O) groups excluding carboxylic acids is 1. The van der Waals surface area contributed by atoms with Crippen LogP contribution in [0.25, 0.3) is 22.3 Å². The Labute approximate surface area is 189 Å². The van der Waals surface area contributed by atoms with Crippen LogP contribution in [0.3, 0.4) is 0 Å². The SMILES string of the molecule is CCC(=O)Nc1cccc(-c2ccc3c(cnn3Cc3c(F)c(OC)cc(OC)c3F)n2)c1. The van der Waals surface area contributed by atoms with Crippen LogP contribution in [-0.4, -0.2) is 34.9 Å². The van der Waals surface area contributed by atoms with E-state index in [4.69, 9.17) is 9.47 Å². The van der Waals surface area contributed by atoms with Crippen molar-refractivity contribution >= 4 is 22.6 Å². The fourth-order valence-electron chi connectivity index (χ4n) is 3.49. The molecule has 0 radical (unpaired) electrons. The number of methoxy groups -OCH3 is 2. The normalized spacial score (nSPS) is 10.9. The van der Waals surface area contributed by atoms with E-state index in [1.165, 1.54) is 31.2 Å². The van der Waals surface area contributed by atoms with E-state index in [9.17, 15) is 13.6 Å². The van der Waals surface area contributed by atoms with Gasteiger partial charge in [0.15, 0.2) is 23.1 Å². The molecular formula is C24H22F2N4O3. The number of hydrogen-bond acceptors (Lipinski definition) is 5. The predicted molar refractivity (Wildman–Crippen MR) is 120 cm³/mol. The minimum Gasteiger partial charge on any atom is -0.494 e. The molecule has 9 heteroatoms. The molecule has 0 aliphatic heterocycles. The van der Waals surface area contributed by atoms with Crippen LogP contribution in [0, 0.1) is 11.6 Å². The number of amides is 1.